The van der Waals surface area contributed by atoms with Gasteiger partial charge in [-0.2, -0.15) is 0 Å². The van der Waals surface area contributed by atoms with Crippen molar-refractivity contribution in [2.45, 2.75) is 19.3 Å². The van der Waals surface area contributed by atoms with Crippen molar-refractivity contribution < 1.29 is 9.59 Å². The van der Waals surface area contributed by atoms with Gasteiger partial charge in [-0.15, -0.1) is 0 Å². The Morgan fingerprint density at radius 1 is 0.853 bits per heavy atom. The van der Waals surface area contributed by atoms with Gasteiger partial charge >= 0.3 is 0 Å². The number of hydrazine groups is 1. The molecule has 3 aromatic rings. The van der Waals surface area contributed by atoms with Crippen molar-refractivity contribution >= 4 is 40.5 Å². The number of nitrogens with zero attached hydrogens (tertiary/aromatic N) is 3. The molecular formula is C27H29ClN4O2. The summed E-state index contributed by atoms with van der Waals surface area (Å²) in [4.78, 5) is 30.5. The second-order valence-electron chi connectivity index (χ2n) is 9.01. The summed E-state index contributed by atoms with van der Waals surface area (Å²) in [5, 5.41) is 1.89. The molecule has 0 aromatic heterocycles. The van der Waals surface area contributed by atoms with Crippen LogP contribution in [-0.4, -0.2) is 40.0 Å². The molecule has 7 heteroatoms. The smallest absolute Gasteiger partial charge is 0.265 e. The van der Waals surface area contributed by atoms with Crippen molar-refractivity contribution in [1.82, 2.24) is 5.43 Å². The van der Waals surface area contributed by atoms with Crippen LogP contribution in [0, 0.1) is 6.92 Å². The molecular weight excluding hydrogens is 448 g/mol. The van der Waals surface area contributed by atoms with Crippen molar-refractivity contribution in [3.8, 4) is 0 Å². The Morgan fingerprint density at radius 2 is 1.32 bits per heavy atom. The Hall–Kier alpha value is -3.51. The van der Waals surface area contributed by atoms with E-state index in [-0.39, 0.29) is 11.8 Å². The van der Waals surface area contributed by atoms with Crippen LogP contribution in [0.4, 0.5) is 17.1 Å². The van der Waals surface area contributed by atoms with E-state index in [0.717, 1.165) is 33.6 Å². The molecule has 34 heavy (non-hydrogen) atoms. The Bertz CT molecular complexity index is 1200. The lowest BCUT2D eigenvalue weighted by Crippen LogP contribution is -2.49. The van der Waals surface area contributed by atoms with Crippen molar-refractivity contribution in [2.75, 3.05) is 43.0 Å². The van der Waals surface area contributed by atoms with E-state index < -0.39 is 5.41 Å². The number of carbonyl (C=O) groups is 2. The molecule has 0 unspecified atom stereocenters. The van der Waals surface area contributed by atoms with Gasteiger partial charge in [0.05, 0.1) is 5.69 Å². The summed E-state index contributed by atoms with van der Waals surface area (Å²) in [5.74, 6) is -0.585. The summed E-state index contributed by atoms with van der Waals surface area (Å²) in [5.41, 5.74) is 7.40. The average molecular weight is 477 g/mol. The first kappa shape index (κ1) is 23.6. The topological polar surface area (TPSA) is 55.9 Å². The van der Waals surface area contributed by atoms with E-state index in [1.54, 1.807) is 0 Å². The summed E-state index contributed by atoms with van der Waals surface area (Å²) in [6.07, 6.45) is 0. The van der Waals surface area contributed by atoms with Crippen LogP contribution in [0.5, 0.6) is 0 Å². The van der Waals surface area contributed by atoms with Gasteiger partial charge < -0.3 is 9.80 Å². The molecule has 3 aromatic carbocycles. The molecule has 0 atom stereocenters. The molecule has 0 saturated carbocycles. The van der Waals surface area contributed by atoms with Gasteiger partial charge in [0.25, 0.3) is 5.91 Å². The molecule has 1 aliphatic rings. The molecule has 0 aliphatic carbocycles. The standard InChI is InChI=1S/C27H29ClN4O2/c1-17-24(28)16-15-23-25(17)32(29-18(2)33)26(34)27(23,19-7-11-21(12-8-19)30(3)4)20-9-13-22(14-10-20)31(5)6/h7-16H,1-6H3,(H,29,33). The number of amides is 2. The third kappa shape index (κ3) is 3.59. The van der Waals surface area contributed by atoms with E-state index in [2.05, 4.69) is 5.43 Å². The zero-order valence-electron chi connectivity index (χ0n) is 20.3. The fraction of sp³-hybridized carbons (Fsp3) is 0.259. The fourth-order valence-electron chi connectivity index (χ4n) is 4.66. The summed E-state index contributed by atoms with van der Waals surface area (Å²) in [6.45, 7) is 3.26. The Balaban J connectivity index is 2.06. The molecule has 0 saturated heterocycles. The zero-order valence-corrected chi connectivity index (χ0v) is 21.1. The minimum atomic E-state index is -1.15. The van der Waals surface area contributed by atoms with Crippen LogP contribution in [0.3, 0.4) is 0 Å². The molecule has 1 aliphatic heterocycles. The van der Waals surface area contributed by atoms with Crippen LogP contribution >= 0.6 is 11.6 Å². The highest BCUT2D eigenvalue weighted by atomic mass is 35.5. The maximum atomic E-state index is 14.4. The van der Waals surface area contributed by atoms with Gasteiger partial charge in [-0.05, 0) is 53.9 Å². The second-order valence-corrected chi connectivity index (χ2v) is 9.42. The molecule has 6 nitrogen and oxygen atoms in total. The molecule has 0 bridgehead atoms. The maximum Gasteiger partial charge on any atom is 0.265 e. The number of hydrogen-bond acceptors (Lipinski definition) is 4. The second kappa shape index (κ2) is 8.69. The maximum absolute atomic E-state index is 14.4. The van der Waals surface area contributed by atoms with Crippen molar-refractivity contribution in [2.24, 2.45) is 0 Å². The molecule has 176 valence electrons. The predicted molar refractivity (Wildman–Crippen MR) is 139 cm³/mol. The van der Waals surface area contributed by atoms with Crippen molar-refractivity contribution in [1.29, 1.82) is 0 Å². The summed E-state index contributed by atoms with van der Waals surface area (Å²) >= 11 is 6.48. The molecule has 2 amide bonds. The summed E-state index contributed by atoms with van der Waals surface area (Å²) in [7, 11) is 7.91. The Morgan fingerprint density at radius 3 is 1.74 bits per heavy atom. The van der Waals surface area contributed by atoms with Gasteiger partial charge in [0.15, 0.2) is 0 Å². The van der Waals surface area contributed by atoms with Gasteiger partial charge in [0.2, 0.25) is 5.91 Å². The number of rotatable bonds is 5. The predicted octanol–water partition coefficient (Wildman–Crippen LogP) is 4.51. The van der Waals surface area contributed by atoms with Crippen LogP contribution in [0.25, 0.3) is 0 Å². The van der Waals surface area contributed by atoms with E-state index in [0.29, 0.717) is 10.7 Å². The first-order chi connectivity index (χ1) is 16.1. The first-order valence-corrected chi connectivity index (χ1v) is 11.4. The molecule has 4 rings (SSSR count). The minimum Gasteiger partial charge on any atom is -0.378 e. The number of carbonyl (C=O) groups excluding carboxylic acids is 2. The highest BCUT2D eigenvalue weighted by molar-refractivity contribution is 6.32. The number of benzene rings is 3. The highest BCUT2D eigenvalue weighted by Crippen LogP contribution is 2.52. The monoisotopic (exact) mass is 476 g/mol. The van der Waals surface area contributed by atoms with E-state index in [9.17, 15) is 9.59 Å². The normalized spacial score (nSPS) is 14.1. The van der Waals surface area contributed by atoms with Gasteiger partial charge in [0, 0.05) is 57.1 Å². The van der Waals surface area contributed by atoms with E-state index in [1.807, 2.05) is 106 Å². The van der Waals surface area contributed by atoms with Crippen LogP contribution in [-0.2, 0) is 15.0 Å². The minimum absolute atomic E-state index is 0.252. The van der Waals surface area contributed by atoms with Crippen LogP contribution in [0.1, 0.15) is 29.2 Å². The Labute approximate surface area is 205 Å². The summed E-state index contributed by atoms with van der Waals surface area (Å²) < 4.78 is 0. The van der Waals surface area contributed by atoms with E-state index >= 15 is 0 Å². The lowest BCUT2D eigenvalue weighted by molar-refractivity contribution is -0.126. The molecule has 0 spiro atoms. The van der Waals surface area contributed by atoms with Gasteiger partial charge in [-0.1, -0.05) is 41.9 Å². The fourth-order valence-corrected chi connectivity index (χ4v) is 4.81. The average Bonchev–Trinajstić information content (AvgIpc) is 3.05. The van der Waals surface area contributed by atoms with E-state index in [1.165, 1.54) is 11.9 Å². The molecule has 0 radical (unpaired) electrons. The third-order valence-corrected chi connectivity index (χ3v) is 6.83. The number of fused-ring (bicyclic) bond motifs is 1. The zero-order chi connectivity index (χ0) is 24.8. The lowest BCUT2D eigenvalue weighted by atomic mass is 9.70. The van der Waals surface area contributed by atoms with Gasteiger partial charge in [0.1, 0.15) is 5.41 Å². The summed E-state index contributed by atoms with van der Waals surface area (Å²) in [6, 6.07) is 19.7. The quantitative estimate of drug-likeness (QED) is 0.588. The largest absolute Gasteiger partial charge is 0.378 e. The number of halogens is 1. The van der Waals surface area contributed by atoms with E-state index in [4.69, 9.17) is 11.6 Å². The molecule has 1 heterocycles. The number of anilines is 3. The molecule has 0 fully saturated rings. The van der Waals surface area contributed by atoms with Crippen LogP contribution < -0.4 is 20.2 Å². The third-order valence-electron chi connectivity index (χ3n) is 6.42. The number of nitrogens with one attached hydrogen (secondary N) is 1. The van der Waals surface area contributed by atoms with Crippen molar-refractivity contribution in [3.63, 3.8) is 0 Å². The van der Waals surface area contributed by atoms with Crippen LogP contribution in [0.15, 0.2) is 60.7 Å². The van der Waals surface area contributed by atoms with Gasteiger partial charge in [-0.3, -0.25) is 15.0 Å². The van der Waals surface area contributed by atoms with Crippen molar-refractivity contribution in [3.05, 3.63) is 87.9 Å². The lowest BCUT2D eigenvalue weighted by Gasteiger charge is -2.31. The highest BCUT2D eigenvalue weighted by Gasteiger charge is 2.54. The van der Waals surface area contributed by atoms with Gasteiger partial charge in [-0.25, -0.2) is 5.01 Å². The molecule has 1 N–H and O–H groups in total. The first-order valence-electron chi connectivity index (χ1n) is 11.1. The number of hydrogen-bond donors (Lipinski definition) is 1. The SMILES string of the molecule is CC(=O)NN1C(=O)C(c2ccc(N(C)C)cc2)(c2ccc(N(C)C)cc2)c2ccc(Cl)c(C)c21. The Kier molecular flexibility index (Phi) is 6.04. The van der Waals surface area contributed by atoms with Crippen LogP contribution in [0.2, 0.25) is 5.02 Å².